The number of rotatable bonds is 5. The zero-order valence-corrected chi connectivity index (χ0v) is 18.6. The Morgan fingerprint density at radius 2 is 1.77 bits per heavy atom. The Morgan fingerprint density at radius 3 is 2.52 bits per heavy atom. The highest BCUT2D eigenvalue weighted by Gasteiger charge is 2.29. The van der Waals surface area contributed by atoms with Gasteiger partial charge in [-0.2, -0.15) is 0 Å². The predicted octanol–water partition coefficient (Wildman–Crippen LogP) is 5.70. The van der Waals surface area contributed by atoms with Crippen LogP contribution in [0.4, 0.5) is 10.5 Å². The number of benzene rings is 3. The number of methoxy groups -OCH3 is 1. The van der Waals surface area contributed by atoms with Crippen molar-refractivity contribution in [2.45, 2.75) is 17.7 Å². The first kappa shape index (κ1) is 21.2. The number of urea groups is 1. The van der Waals surface area contributed by atoms with E-state index in [0.717, 1.165) is 39.9 Å². The first-order valence-corrected chi connectivity index (χ1v) is 11.6. The van der Waals surface area contributed by atoms with Crippen molar-refractivity contribution in [3.8, 4) is 5.75 Å². The number of hydrogen-bond acceptors (Lipinski definition) is 4. The highest BCUT2D eigenvalue weighted by atomic mass is 32.2. The number of hydrogen-bond donors (Lipinski definition) is 1. The van der Waals surface area contributed by atoms with Gasteiger partial charge in [-0.05, 0) is 72.3 Å². The van der Waals surface area contributed by atoms with E-state index in [1.807, 2.05) is 66.9 Å². The van der Waals surface area contributed by atoms with E-state index in [-0.39, 0.29) is 17.7 Å². The van der Waals surface area contributed by atoms with E-state index in [0.29, 0.717) is 18.7 Å². The number of ketones is 1. The number of nitrogens with one attached hydrogen (secondary N) is 1. The first-order valence-electron chi connectivity index (χ1n) is 10.4. The molecule has 1 N–H and O–H groups in total. The van der Waals surface area contributed by atoms with Gasteiger partial charge in [0.15, 0.2) is 5.78 Å². The Labute approximate surface area is 186 Å². The maximum absolute atomic E-state index is 13.2. The van der Waals surface area contributed by atoms with E-state index in [4.69, 9.17) is 4.74 Å². The van der Waals surface area contributed by atoms with Crippen molar-refractivity contribution < 1.29 is 14.3 Å². The van der Waals surface area contributed by atoms with Gasteiger partial charge >= 0.3 is 6.03 Å². The molecule has 0 spiro atoms. The number of fused-ring (bicyclic) bond motifs is 1. The van der Waals surface area contributed by atoms with Crippen LogP contribution in [0.2, 0.25) is 0 Å². The highest BCUT2D eigenvalue weighted by molar-refractivity contribution is 7.98. The summed E-state index contributed by atoms with van der Waals surface area (Å²) in [6.45, 7) is 1.10. The van der Waals surface area contributed by atoms with Gasteiger partial charge in [-0.1, -0.05) is 18.2 Å². The lowest BCUT2D eigenvalue weighted by atomic mass is 9.89. The number of nitrogens with zero attached hydrogens (tertiary/aromatic N) is 1. The second kappa shape index (κ2) is 9.43. The molecule has 1 saturated heterocycles. The van der Waals surface area contributed by atoms with E-state index in [1.54, 1.807) is 23.8 Å². The van der Waals surface area contributed by atoms with Crippen molar-refractivity contribution in [1.29, 1.82) is 0 Å². The van der Waals surface area contributed by atoms with Gasteiger partial charge in [0.1, 0.15) is 5.75 Å². The SMILES string of the molecule is COc1ccc2cc(C(=O)C3CCCN(C(=O)Nc4ccc(SC)cc4)C3)ccc2c1. The fraction of sp³-hybridized carbons (Fsp3) is 0.280. The minimum absolute atomic E-state index is 0.0968. The van der Waals surface area contributed by atoms with Crippen LogP contribution < -0.4 is 10.1 Å². The number of anilines is 1. The molecule has 2 amide bonds. The zero-order chi connectivity index (χ0) is 21.8. The third kappa shape index (κ3) is 4.85. The summed E-state index contributed by atoms with van der Waals surface area (Å²) in [7, 11) is 1.64. The molecule has 1 aliphatic rings. The summed E-state index contributed by atoms with van der Waals surface area (Å²) in [5.41, 5.74) is 1.46. The number of ether oxygens (including phenoxy) is 1. The Balaban J connectivity index is 1.44. The van der Waals surface area contributed by atoms with E-state index >= 15 is 0 Å². The number of likely N-dealkylation sites (tertiary alicyclic amines) is 1. The summed E-state index contributed by atoms with van der Waals surface area (Å²) in [5.74, 6) is 0.706. The van der Waals surface area contributed by atoms with Crippen molar-refractivity contribution >= 4 is 40.0 Å². The van der Waals surface area contributed by atoms with Gasteiger partial charge in [0.05, 0.1) is 7.11 Å². The van der Waals surface area contributed by atoms with Crippen LogP contribution in [-0.4, -0.2) is 43.2 Å². The summed E-state index contributed by atoms with van der Waals surface area (Å²) in [6, 6.07) is 19.2. The number of amides is 2. The Bertz CT molecular complexity index is 1100. The van der Waals surface area contributed by atoms with Crippen LogP contribution in [0.5, 0.6) is 5.75 Å². The lowest BCUT2D eigenvalue weighted by molar-refractivity contribution is 0.0851. The molecule has 4 rings (SSSR count). The summed E-state index contributed by atoms with van der Waals surface area (Å²) in [4.78, 5) is 28.8. The minimum atomic E-state index is -0.186. The minimum Gasteiger partial charge on any atom is -0.497 e. The Hall–Kier alpha value is -2.99. The van der Waals surface area contributed by atoms with Gasteiger partial charge in [0.25, 0.3) is 0 Å². The van der Waals surface area contributed by atoms with Crippen LogP contribution in [0.25, 0.3) is 10.8 Å². The molecule has 3 aromatic carbocycles. The molecule has 1 atom stereocenters. The normalized spacial score (nSPS) is 16.2. The van der Waals surface area contributed by atoms with Gasteiger partial charge in [-0.25, -0.2) is 4.79 Å². The van der Waals surface area contributed by atoms with Gasteiger partial charge in [0, 0.05) is 35.2 Å². The topological polar surface area (TPSA) is 58.6 Å². The average molecular weight is 435 g/mol. The molecule has 160 valence electrons. The lowest BCUT2D eigenvalue weighted by Gasteiger charge is -2.32. The summed E-state index contributed by atoms with van der Waals surface area (Å²) in [5, 5.41) is 4.99. The van der Waals surface area contributed by atoms with Crippen LogP contribution >= 0.6 is 11.8 Å². The van der Waals surface area contributed by atoms with Crippen molar-refractivity contribution in [3.63, 3.8) is 0 Å². The highest BCUT2D eigenvalue weighted by Crippen LogP contribution is 2.26. The third-order valence-electron chi connectivity index (χ3n) is 5.75. The molecule has 3 aromatic rings. The number of piperidine rings is 1. The van der Waals surface area contributed by atoms with Crippen molar-refractivity contribution in [2.24, 2.45) is 5.92 Å². The van der Waals surface area contributed by atoms with Gasteiger partial charge in [-0.3, -0.25) is 4.79 Å². The second-order valence-corrected chi connectivity index (χ2v) is 8.62. The first-order chi connectivity index (χ1) is 15.1. The maximum Gasteiger partial charge on any atom is 0.321 e. The standard InChI is InChI=1S/C25H26N2O3S/c1-30-22-10-7-17-14-19(6-5-18(17)15-22)24(28)20-4-3-13-27(16-20)25(29)26-21-8-11-23(31-2)12-9-21/h5-12,14-15,20H,3-4,13,16H2,1-2H3,(H,26,29). The molecule has 0 radical (unpaired) electrons. The van der Waals surface area contributed by atoms with E-state index in [9.17, 15) is 9.59 Å². The summed E-state index contributed by atoms with van der Waals surface area (Å²) < 4.78 is 5.27. The van der Waals surface area contributed by atoms with E-state index in [2.05, 4.69) is 5.32 Å². The quantitative estimate of drug-likeness (QED) is 0.414. The largest absolute Gasteiger partial charge is 0.497 e. The molecule has 1 unspecified atom stereocenters. The fourth-order valence-electron chi connectivity index (χ4n) is 3.99. The van der Waals surface area contributed by atoms with Gasteiger partial charge in [0.2, 0.25) is 0 Å². The molecule has 0 aromatic heterocycles. The van der Waals surface area contributed by atoms with Crippen molar-refractivity contribution in [3.05, 3.63) is 66.2 Å². The molecule has 0 bridgehead atoms. The Morgan fingerprint density at radius 1 is 1.03 bits per heavy atom. The molecule has 1 aliphatic heterocycles. The molecule has 31 heavy (non-hydrogen) atoms. The van der Waals surface area contributed by atoms with Crippen LogP contribution in [0.1, 0.15) is 23.2 Å². The van der Waals surface area contributed by atoms with Crippen molar-refractivity contribution in [1.82, 2.24) is 4.90 Å². The van der Waals surface area contributed by atoms with Gasteiger partial charge in [-0.15, -0.1) is 11.8 Å². The molecule has 0 aliphatic carbocycles. The molecule has 5 nitrogen and oxygen atoms in total. The van der Waals surface area contributed by atoms with Crippen LogP contribution in [0.15, 0.2) is 65.6 Å². The van der Waals surface area contributed by atoms with Crippen molar-refractivity contribution in [2.75, 3.05) is 31.8 Å². The molecule has 6 heteroatoms. The average Bonchev–Trinajstić information content (AvgIpc) is 2.83. The number of Topliss-reactive ketones (excluding diaryl/α,β-unsaturated/α-hetero) is 1. The fourth-order valence-corrected chi connectivity index (χ4v) is 4.40. The second-order valence-electron chi connectivity index (χ2n) is 7.74. The molecule has 1 fully saturated rings. The molecule has 0 saturated carbocycles. The van der Waals surface area contributed by atoms with Gasteiger partial charge < -0.3 is 15.0 Å². The number of thioether (sulfide) groups is 1. The predicted molar refractivity (Wildman–Crippen MR) is 126 cm³/mol. The zero-order valence-electron chi connectivity index (χ0n) is 17.8. The maximum atomic E-state index is 13.2. The van der Waals surface area contributed by atoms with E-state index < -0.39 is 0 Å². The van der Waals surface area contributed by atoms with E-state index in [1.165, 1.54) is 0 Å². The summed E-state index contributed by atoms with van der Waals surface area (Å²) in [6.07, 6.45) is 3.64. The summed E-state index contributed by atoms with van der Waals surface area (Å²) >= 11 is 1.66. The third-order valence-corrected chi connectivity index (χ3v) is 6.50. The number of carbonyl (C=O) groups is 2. The Kier molecular flexibility index (Phi) is 6.47. The van der Waals surface area contributed by atoms with Crippen LogP contribution in [0, 0.1) is 5.92 Å². The molecular formula is C25H26N2O3S. The smallest absolute Gasteiger partial charge is 0.321 e. The lowest BCUT2D eigenvalue weighted by Crippen LogP contribution is -2.44. The van der Waals surface area contributed by atoms with Crippen LogP contribution in [-0.2, 0) is 0 Å². The number of carbonyl (C=O) groups excluding carboxylic acids is 2. The van der Waals surface area contributed by atoms with Crippen LogP contribution in [0.3, 0.4) is 0 Å². The molecule has 1 heterocycles. The molecular weight excluding hydrogens is 408 g/mol. The monoisotopic (exact) mass is 434 g/mol.